The number of alkyl halides is 3. The molecule has 1 rings (SSSR count). The Kier molecular flexibility index (Phi) is 8.88. The number of hydrogen-bond acceptors (Lipinski definition) is 2. The van der Waals surface area contributed by atoms with Gasteiger partial charge in [0.05, 0.1) is 12.0 Å². The molecule has 0 aliphatic heterocycles. The maximum absolute atomic E-state index is 12.7. The molecule has 0 radical (unpaired) electrons. The van der Waals surface area contributed by atoms with Crippen molar-refractivity contribution in [2.75, 3.05) is 0 Å². The van der Waals surface area contributed by atoms with E-state index >= 15 is 0 Å². The van der Waals surface area contributed by atoms with E-state index in [0.717, 1.165) is 37.8 Å². The van der Waals surface area contributed by atoms with Crippen molar-refractivity contribution < 1.29 is 27.9 Å². The van der Waals surface area contributed by atoms with Crippen LogP contribution in [0.1, 0.15) is 49.7 Å². The van der Waals surface area contributed by atoms with Crippen molar-refractivity contribution in [2.45, 2.75) is 57.2 Å². The fraction of sp³-hybridized carbons (Fsp3) is 0.474. The van der Waals surface area contributed by atoms with Gasteiger partial charge in [-0.05, 0) is 30.9 Å². The van der Waals surface area contributed by atoms with Crippen molar-refractivity contribution >= 4 is 11.9 Å². The van der Waals surface area contributed by atoms with E-state index in [0.29, 0.717) is 6.42 Å². The molecule has 1 atom stereocenters. The van der Waals surface area contributed by atoms with Gasteiger partial charge in [0.2, 0.25) is 5.91 Å². The van der Waals surface area contributed by atoms with E-state index in [1.54, 1.807) is 0 Å². The van der Waals surface area contributed by atoms with Crippen molar-refractivity contribution in [3.63, 3.8) is 0 Å². The molecule has 0 fully saturated rings. The quantitative estimate of drug-likeness (QED) is 0.449. The molecular weight excluding hydrogens is 347 g/mol. The molecule has 0 spiro atoms. The summed E-state index contributed by atoms with van der Waals surface area (Å²) < 4.78 is 38.1. The number of halogens is 3. The topological polar surface area (TPSA) is 66.4 Å². The Bertz CT molecular complexity index is 614. The van der Waals surface area contributed by atoms with Crippen molar-refractivity contribution in [1.82, 2.24) is 5.32 Å². The Hall–Kier alpha value is -2.31. The Morgan fingerprint density at radius 1 is 1.19 bits per heavy atom. The highest BCUT2D eigenvalue weighted by Gasteiger charge is 2.30. The minimum Gasteiger partial charge on any atom is -0.480 e. The molecule has 0 saturated heterocycles. The predicted octanol–water partition coefficient (Wildman–Crippen LogP) is 4.34. The number of allylic oxidation sites excluding steroid dienone is 1. The monoisotopic (exact) mass is 371 g/mol. The van der Waals surface area contributed by atoms with Gasteiger partial charge in [-0.1, -0.05) is 43.5 Å². The van der Waals surface area contributed by atoms with Gasteiger partial charge in [0.1, 0.15) is 6.04 Å². The summed E-state index contributed by atoms with van der Waals surface area (Å²) >= 11 is 0. The molecule has 0 heterocycles. The third-order valence-electron chi connectivity index (χ3n) is 3.90. The molecule has 1 aromatic carbocycles. The van der Waals surface area contributed by atoms with E-state index < -0.39 is 29.7 Å². The van der Waals surface area contributed by atoms with E-state index in [4.69, 9.17) is 0 Å². The molecule has 26 heavy (non-hydrogen) atoms. The SMILES string of the molecule is C=CCCCCCC[C@@H](NC(=O)Cc1cccc(C(F)(F)F)c1)C(=O)O. The molecule has 0 aliphatic carbocycles. The molecule has 2 N–H and O–H groups in total. The first-order valence-corrected chi connectivity index (χ1v) is 8.53. The number of benzene rings is 1. The fourth-order valence-corrected chi connectivity index (χ4v) is 2.54. The van der Waals surface area contributed by atoms with Gasteiger partial charge in [0.15, 0.2) is 0 Å². The number of unbranched alkanes of at least 4 members (excludes halogenated alkanes) is 4. The number of nitrogens with one attached hydrogen (secondary N) is 1. The molecule has 7 heteroatoms. The van der Waals surface area contributed by atoms with Crippen LogP contribution in [0.2, 0.25) is 0 Å². The standard InChI is InChI=1S/C19H24F3NO3/c1-2-3-4-5-6-7-11-16(18(25)26)23-17(24)13-14-9-8-10-15(12-14)19(20,21)22/h2,8-10,12,16H,1,3-7,11,13H2,(H,23,24)(H,25,26)/t16-/m1/s1. The third-order valence-corrected chi connectivity index (χ3v) is 3.90. The van der Waals surface area contributed by atoms with E-state index in [9.17, 15) is 27.9 Å². The zero-order chi connectivity index (χ0) is 19.6. The second kappa shape index (κ2) is 10.6. The summed E-state index contributed by atoms with van der Waals surface area (Å²) in [5, 5.41) is 11.6. The molecule has 1 amide bonds. The highest BCUT2D eigenvalue weighted by atomic mass is 19.4. The van der Waals surface area contributed by atoms with Crippen LogP contribution in [0.25, 0.3) is 0 Å². The van der Waals surface area contributed by atoms with Gasteiger partial charge in [-0.25, -0.2) is 4.79 Å². The number of carbonyl (C=O) groups excluding carboxylic acids is 1. The number of aliphatic carboxylic acids is 1. The zero-order valence-corrected chi connectivity index (χ0v) is 14.5. The van der Waals surface area contributed by atoms with Crippen LogP contribution in [0.15, 0.2) is 36.9 Å². The average Bonchev–Trinajstić information content (AvgIpc) is 2.56. The van der Waals surface area contributed by atoms with Crippen LogP contribution in [0.3, 0.4) is 0 Å². The Morgan fingerprint density at radius 3 is 2.50 bits per heavy atom. The summed E-state index contributed by atoms with van der Waals surface area (Å²) in [5.41, 5.74) is -0.650. The van der Waals surface area contributed by atoms with Gasteiger partial charge in [-0.15, -0.1) is 6.58 Å². The fourth-order valence-electron chi connectivity index (χ4n) is 2.54. The van der Waals surface area contributed by atoms with Crippen LogP contribution in [0.4, 0.5) is 13.2 Å². The molecule has 0 aliphatic rings. The second-order valence-corrected chi connectivity index (χ2v) is 6.11. The third kappa shape index (κ3) is 8.18. The van der Waals surface area contributed by atoms with Crippen molar-refractivity contribution in [3.8, 4) is 0 Å². The number of amides is 1. The number of carbonyl (C=O) groups is 2. The second-order valence-electron chi connectivity index (χ2n) is 6.11. The van der Waals surface area contributed by atoms with Crippen molar-refractivity contribution in [3.05, 3.63) is 48.0 Å². The van der Waals surface area contributed by atoms with Crippen LogP contribution < -0.4 is 5.32 Å². The number of carboxylic acids is 1. The summed E-state index contributed by atoms with van der Waals surface area (Å²) in [6.45, 7) is 3.63. The Balaban J connectivity index is 2.52. The summed E-state index contributed by atoms with van der Waals surface area (Å²) in [7, 11) is 0. The lowest BCUT2D eigenvalue weighted by atomic mass is 10.0. The van der Waals surface area contributed by atoms with Gasteiger partial charge < -0.3 is 10.4 Å². The zero-order valence-electron chi connectivity index (χ0n) is 14.5. The van der Waals surface area contributed by atoms with Gasteiger partial charge in [-0.3, -0.25) is 4.79 Å². The van der Waals surface area contributed by atoms with E-state index in [1.807, 2.05) is 6.08 Å². The highest BCUT2D eigenvalue weighted by Crippen LogP contribution is 2.29. The first kappa shape index (κ1) is 21.7. The van der Waals surface area contributed by atoms with Gasteiger partial charge in [0.25, 0.3) is 0 Å². The van der Waals surface area contributed by atoms with Gasteiger partial charge in [0, 0.05) is 0 Å². The highest BCUT2D eigenvalue weighted by molar-refractivity contribution is 5.84. The first-order valence-electron chi connectivity index (χ1n) is 8.53. The van der Waals surface area contributed by atoms with Gasteiger partial charge >= 0.3 is 12.1 Å². The van der Waals surface area contributed by atoms with Crippen molar-refractivity contribution in [2.24, 2.45) is 0 Å². The number of hydrogen-bond donors (Lipinski definition) is 2. The molecule has 144 valence electrons. The number of rotatable bonds is 11. The molecule has 0 unspecified atom stereocenters. The smallest absolute Gasteiger partial charge is 0.416 e. The van der Waals surface area contributed by atoms with Crippen LogP contribution in [0, 0.1) is 0 Å². The van der Waals surface area contributed by atoms with E-state index in [2.05, 4.69) is 11.9 Å². The predicted molar refractivity (Wildman–Crippen MR) is 92.6 cm³/mol. The summed E-state index contributed by atoms with van der Waals surface area (Å²) in [5.74, 6) is -1.75. The molecule has 4 nitrogen and oxygen atoms in total. The molecule has 1 aromatic rings. The molecule has 0 saturated carbocycles. The average molecular weight is 371 g/mol. The summed E-state index contributed by atoms with van der Waals surface area (Å²) in [4.78, 5) is 23.3. The molecule has 0 bridgehead atoms. The maximum atomic E-state index is 12.7. The summed E-state index contributed by atoms with van der Waals surface area (Å²) in [6.07, 6.45) is 1.69. The largest absolute Gasteiger partial charge is 0.480 e. The lowest BCUT2D eigenvalue weighted by molar-refractivity contribution is -0.142. The Labute approximate surface area is 151 Å². The van der Waals surface area contributed by atoms with Crippen LogP contribution in [-0.4, -0.2) is 23.0 Å². The normalized spacial score (nSPS) is 12.4. The minimum atomic E-state index is -4.48. The molecule has 0 aromatic heterocycles. The van der Waals surface area contributed by atoms with Crippen LogP contribution >= 0.6 is 0 Å². The lowest BCUT2D eigenvalue weighted by Crippen LogP contribution is -2.41. The lowest BCUT2D eigenvalue weighted by Gasteiger charge is -2.15. The maximum Gasteiger partial charge on any atom is 0.416 e. The van der Waals surface area contributed by atoms with Crippen LogP contribution in [-0.2, 0) is 22.2 Å². The van der Waals surface area contributed by atoms with Crippen molar-refractivity contribution in [1.29, 1.82) is 0 Å². The summed E-state index contributed by atoms with van der Waals surface area (Å²) in [6, 6.07) is 3.42. The minimum absolute atomic E-state index is 0.186. The molecular formula is C19H24F3NO3. The first-order chi connectivity index (χ1) is 12.2. The number of carboxylic acid groups (broad SMARTS) is 1. The van der Waals surface area contributed by atoms with E-state index in [1.165, 1.54) is 12.1 Å². The Morgan fingerprint density at radius 2 is 1.88 bits per heavy atom. The van der Waals surface area contributed by atoms with E-state index in [-0.39, 0.29) is 18.4 Å². The van der Waals surface area contributed by atoms with Gasteiger partial charge in [-0.2, -0.15) is 13.2 Å². The van der Waals surface area contributed by atoms with Crippen LogP contribution in [0.5, 0.6) is 0 Å².